The monoisotopic (exact) mass is 332 g/mol. The maximum atomic E-state index is 12.8. The van der Waals surface area contributed by atoms with Crippen LogP contribution >= 0.6 is 11.3 Å². The van der Waals surface area contributed by atoms with Crippen LogP contribution in [-0.2, 0) is 21.3 Å². The fraction of sp³-hybridized carbons (Fsp3) is 0.714. The third kappa shape index (κ3) is 4.04. The van der Waals surface area contributed by atoms with Crippen LogP contribution in [0.3, 0.4) is 0 Å². The second-order valence-corrected chi connectivity index (χ2v) is 8.55. The minimum atomic E-state index is -3.39. The Morgan fingerprint density at radius 1 is 1.48 bits per heavy atom. The standard InChI is InChI=1S/C14H24N2O3S2/c1-4-15-10-13-11(2)9-14(20-13)21(17,18)16(7-8-19-3)12-5-6-12/h9,12,15H,4-8,10H2,1-3H3. The van der Waals surface area contributed by atoms with Gasteiger partial charge >= 0.3 is 0 Å². The number of hydrogen-bond donors (Lipinski definition) is 1. The predicted molar refractivity (Wildman–Crippen MR) is 85.2 cm³/mol. The van der Waals surface area contributed by atoms with Gasteiger partial charge in [0.25, 0.3) is 10.0 Å². The highest BCUT2D eigenvalue weighted by Crippen LogP contribution is 2.35. The molecule has 0 aromatic carbocycles. The van der Waals surface area contributed by atoms with Gasteiger partial charge in [-0.2, -0.15) is 4.31 Å². The molecule has 0 spiro atoms. The zero-order valence-electron chi connectivity index (χ0n) is 12.9. The van der Waals surface area contributed by atoms with E-state index in [1.807, 2.05) is 13.8 Å². The molecule has 0 amide bonds. The Balaban J connectivity index is 2.20. The molecule has 5 nitrogen and oxygen atoms in total. The Bertz CT molecular complexity index is 565. The number of thiophene rings is 1. The third-order valence-corrected chi connectivity index (χ3v) is 7.20. The molecule has 0 unspecified atom stereocenters. The number of aryl methyl sites for hydroxylation is 1. The fourth-order valence-corrected chi connectivity index (χ4v) is 5.55. The molecular weight excluding hydrogens is 308 g/mol. The zero-order valence-corrected chi connectivity index (χ0v) is 14.5. The van der Waals surface area contributed by atoms with Crippen LogP contribution in [0.4, 0.5) is 0 Å². The molecule has 0 bridgehead atoms. The highest BCUT2D eigenvalue weighted by molar-refractivity contribution is 7.91. The summed E-state index contributed by atoms with van der Waals surface area (Å²) in [5, 5.41) is 3.25. The molecule has 1 aliphatic carbocycles. The summed E-state index contributed by atoms with van der Waals surface area (Å²) in [5.41, 5.74) is 1.04. The van der Waals surface area contributed by atoms with E-state index >= 15 is 0 Å². The molecule has 1 fully saturated rings. The summed E-state index contributed by atoms with van der Waals surface area (Å²) in [4.78, 5) is 1.10. The van der Waals surface area contributed by atoms with Crippen LogP contribution < -0.4 is 5.32 Å². The molecule has 2 rings (SSSR count). The normalized spacial score (nSPS) is 15.8. The van der Waals surface area contributed by atoms with Crippen molar-refractivity contribution in [1.82, 2.24) is 9.62 Å². The number of nitrogens with one attached hydrogen (secondary N) is 1. The Labute approximate surface area is 131 Å². The maximum absolute atomic E-state index is 12.8. The second kappa shape index (κ2) is 7.19. The summed E-state index contributed by atoms with van der Waals surface area (Å²) in [7, 11) is -1.79. The summed E-state index contributed by atoms with van der Waals surface area (Å²) >= 11 is 1.38. The van der Waals surface area contributed by atoms with Crippen molar-refractivity contribution in [1.29, 1.82) is 0 Å². The van der Waals surface area contributed by atoms with E-state index in [9.17, 15) is 8.42 Å². The lowest BCUT2D eigenvalue weighted by Crippen LogP contribution is -2.35. The quantitative estimate of drug-likeness (QED) is 0.751. The Kier molecular flexibility index (Phi) is 5.79. The molecule has 0 atom stereocenters. The van der Waals surface area contributed by atoms with Crippen molar-refractivity contribution in [3.05, 3.63) is 16.5 Å². The molecule has 7 heteroatoms. The van der Waals surface area contributed by atoms with Crippen molar-refractivity contribution in [2.75, 3.05) is 26.8 Å². The summed E-state index contributed by atoms with van der Waals surface area (Å²) in [6, 6.07) is 1.96. The van der Waals surface area contributed by atoms with Crippen LogP contribution in [0, 0.1) is 6.92 Å². The van der Waals surface area contributed by atoms with Crippen LogP contribution in [0.2, 0.25) is 0 Å². The van der Waals surface area contributed by atoms with E-state index in [-0.39, 0.29) is 6.04 Å². The summed E-state index contributed by atoms with van der Waals surface area (Å²) in [6.45, 7) is 6.48. The Morgan fingerprint density at radius 2 is 2.19 bits per heavy atom. The summed E-state index contributed by atoms with van der Waals surface area (Å²) in [5.74, 6) is 0. The van der Waals surface area contributed by atoms with Gasteiger partial charge in [-0.05, 0) is 37.9 Å². The molecule has 1 aromatic rings. The van der Waals surface area contributed by atoms with Gasteiger partial charge in [-0.25, -0.2) is 8.42 Å². The first-order valence-corrected chi connectivity index (χ1v) is 9.57. The first-order chi connectivity index (χ1) is 10.0. The number of ether oxygens (including phenoxy) is 1. The van der Waals surface area contributed by atoms with Gasteiger partial charge in [-0.1, -0.05) is 6.92 Å². The van der Waals surface area contributed by atoms with Crippen LogP contribution in [0.15, 0.2) is 10.3 Å². The maximum Gasteiger partial charge on any atom is 0.252 e. The number of rotatable bonds is 9. The lowest BCUT2D eigenvalue weighted by molar-refractivity contribution is 0.177. The Hall–Kier alpha value is -0.470. The molecule has 0 aliphatic heterocycles. The first-order valence-electron chi connectivity index (χ1n) is 7.31. The van der Waals surface area contributed by atoms with Gasteiger partial charge in [0, 0.05) is 31.1 Å². The fourth-order valence-electron chi connectivity index (χ4n) is 2.19. The van der Waals surface area contributed by atoms with Gasteiger partial charge in [0.2, 0.25) is 0 Å². The first kappa shape index (κ1) is 16.9. The van der Waals surface area contributed by atoms with Gasteiger partial charge in [0.05, 0.1) is 6.61 Å². The third-order valence-electron chi connectivity index (χ3n) is 3.57. The summed E-state index contributed by atoms with van der Waals surface area (Å²) < 4.78 is 32.8. The predicted octanol–water partition coefficient (Wildman–Crippen LogP) is 1.97. The van der Waals surface area contributed by atoms with Gasteiger partial charge in [0.15, 0.2) is 0 Å². The van der Waals surface area contributed by atoms with E-state index in [0.29, 0.717) is 17.4 Å². The average molecular weight is 332 g/mol. The molecule has 1 N–H and O–H groups in total. The van der Waals surface area contributed by atoms with Crippen molar-refractivity contribution in [3.63, 3.8) is 0 Å². The van der Waals surface area contributed by atoms with Crippen LogP contribution in [0.1, 0.15) is 30.2 Å². The molecule has 0 saturated heterocycles. The van der Waals surface area contributed by atoms with Gasteiger partial charge in [0.1, 0.15) is 4.21 Å². The van der Waals surface area contributed by atoms with Gasteiger partial charge < -0.3 is 10.1 Å². The number of methoxy groups -OCH3 is 1. The van der Waals surface area contributed by atoms with E-state index in [2.05, 4.69) is 5.32 Å². The van der Waals surface area contributed by atoms with Crippen LogP contribution in [-0.4, -0.2) is 45.6 Å². The Morgan fingerprint density at radius 3 is 2.76 bits per heavy atom. The van der Waals surface area contributed by atoms with Crippen LogP contribution in [0.5, 0.6) is 0 Å². The smallest absolute Gasteiger partial charge is 0.252 e. The molecule has 21 heavy (non-hydrogen) atoms. The van der Waals surface area contributed by atoms with Crippen molar-refractivity contribution in [3.8, 4) is 0 Å². The highest BCUT2D eigenvalue weighted by Gasteiger charge is 2.38. The zero-order chi connectivity index (χ0) is 15.5. The average Bonchev–Trinajstić information content (AvgIpc) is 3.20. The van der Waals surface area contributed by atoms with Crippen molar-refractivity contribution in [2.24, 2.45) is 0 Å². The van der Waals surface area contributed by atoms with Gasteiger partial charge in [-0.3, -0.25) is 0 Å². The minimum absolute atomic E-state index is 0.157. The molecule has 1 heterocycles. The molecule has 1 aromatic heterocycles. The highest BCUT2D eigenvalue weighted by atomic mass is 32.2. The van der Waals surface area contributed by atoms with Gasteiger partial charge in [-0.15, -0.1) is 11.3 Å². The largest absolute Gasteiger partial charge is 0.383 e. The lowest BCUT2D eigenvalue weighted by Gasteiger charge is -2.20. The topological polar surface area (TPSA) is 58.6 Å². The van der Waals surface area contributed by atoms with Crippen LogP contribution in [0.25, 0.3) is 0 Å². The number of nitrogens with zero attached hydrogens (tertiary/aromatic N) is 1. The second-order valence-electron chi connectivity index (χ2n) is 5.29. The van der Waals surface area contributed by atoms with Crippen molar-refractivity contribution in [2.45, 2.75) is 43.5 Å². The number of hydrogen-bond acceptors (Lipinski definition) is 5. The van der Waals surface area contributed by atoms with Crippen molar-refractivity contribution >= 4 is 21.4 Å². The molecule has 1 saturated carbocycles. The molecule has 1 aliphatic rings. The SMILES string of the molecule is CCNCc1sc(S(=O)(=O)N(CCOC)C2CC2)cc1C. The van der Waals surface area contributed by atoms with E-state index in [0.717, 1.165) is 36.4 Å². The molecule has 0 radical (unpaired) electrons. The van der Waals surface area contributed by atoms with E-state index in [1.54, 1.807) is 17.5 Å². The molecular formula is C14H24N2O3S2. The minimum Gasteiger partial charge on any atom is -0.383 e. The van der Waals surface area contributed by atoms with E-state index in [1.165, 1.54) is 11.3 Å². The number of sulfonamides is 1. The summed E-state index contributed by atoms with van der Waals surface area (Å²) in [6.07, 6.45) is 1.91. The van der Waals surface area contributed by atoms with E-state index < -0.39 is 10.0 Å². The lowest BCUT2D eigenvalue weighted by atomic mass is 10.3. The van der Waals surface area contributed by atoms with E-state index in [4.69, 9.17) is 4.74 Å². The molecule has 120 valence electrons. The van der Waals surface area contributed by atoms with Crippen molar-refractivity contribution < 1.29 is 13.2 Å².